The molecule has 6 rings (SSSR count). The predicted octanol–water partition coefficient (Wildman–Crippen LogP) is 2.96. The van der Waals surface area contributed by atoms with E-state index < -0.39 is 30.1 Å². The Hall–Kier alpha value is -5.10. The van der Waals surface area contributed by atoms with E-state index in [0.717, 1.165) is 11.1 Å². The van der Waals surface area contributed by atoms with Crippen LogP contribution in [0.1, 0.15) is 49.4 Å². The van der Waals surface area contributed by atoms with Crippen LogP contribution in [0.5, 0.6) is 0 Å². The van der Waals surface area contributed by atoms with Crippen LogP contribution in [0.4, 0.5) is 0 Å². The smallest absolute Gasteiger partial charge is 0.338 e. The molecule has 3 atom stereocenters. The molecule has 11 heteroatoms. The van der Waals surface area contributed by atoms with E-state index in [0.29, 0.717) is 40.7 Å². The molecular weight excluding hydrogens is 626 g/mol. The fraction of sp³-hybridized carbons (Fsp3) is 0.316. The molecule has 1 saturated heterocycles. The average Bonchev–Trinajstić information content (AvgIpc) is 3.66. The fourth-order valence-electron chi connectivity index (χ4n) is 6.34. The maximum Gasteiger partial charge on any atom is 0.338 e. The molecule has 3 aromatic carbocycles. The Morgan fingerprint density at radius 3 is 2.39 bits per heavy atom. The second kappa shape index (κ2) is 14.6. The first-order chi connectivity index (χ1) is 23.6. The van der Waals surface area contributed by atoms with Gasteiger partial charge in [-0.1, -0.05) is 48.5 Å². The number of fused-ring (bicyclic) bond motifs is 2. The lowest BCUT2D eigenvalue weighted by atomic mass is 9.91. The molecule has 1 heterocycles. The Kier molecular flexibility index (Phi) is 10.0. The lowest BCUT2D eigenvalue weighted by Crippen LogP contribution is -2.43. The lowest BCUT2D eigenvalue weighted by molar-refractivity contribution is -0.172. The lowest BCUT2D eigenvalue weighted by Gasteiger charge is -2.30. The molecule has 3 amide bonds. The number of hydrogen-bond donors (Lipinski definition) is 3. The van der Waals surface area contributed by atoms with E-state index in [1.807, 2.05) is 24.3 Å². The van der Waals surface area contributed by atoms with Crippen molar-refractivity contribution in [3.8, 4) is 0 Å². The minimum atomic E-state index is -0.938. The van der Waals surface area contributed by atoms with Crippen molar-refractivity contribution in [1.82, 2.24) is 15.5 Å². The van der Waals surface area contributed by atoms with Crippen LogP contribution >= 0.6 is 0 Å². The summed E-state index contributed by atoms with van der Waals surface area (Å²) in [6.07, 6.45) is 3.91. The van der Waals surface area contributed by atoms with E-state index in [9.17, 15) is 19.2 Å². The summed E-state index contributed by atoms with van der Waals surface area (Å²) in [7, 11) is 3.31. The van der Waals surface area contributed by atoms with Crippen molar-refractivity contribution in [2.45, 2.75) is 49.9 Å². The van der Waals surface area contributed by atoms with Gasteiger partial charge in [0.05, 0.1) is 12.2 Å². The Balaban J connectivity index is 1.19. The van der Waals surface area contributed by atoms with Crippen molar-refractivity contribution in [2.24, 2.45) is 0 Å². The van der Waals surface area contributed by atoms with Crippen LogP contribution < -0.4 is 10.6 Å². The van der Waals surface area contributed by atoms with E-state index >= 15 is 0 Å². The number of amides is 3. The number of ether oxygens (including phenoxy) is 3. The molecule has 3 unspecified atom stereocenters. The Morgan fingerprint density at radius 2 is 1.65 bits per heavy atom. The topological polar surface area (TPSA) is 144 Å². The second-order valence-electron chi connectivity index (χ2n) is 12.6. The monoisotopic (exact) mass is 665 g/mol. The fourth-order valence-corrected chi connectivity index (χ4v) is 6.34. The van der Waals surface area contributed by atoms with Crippen LogP contribution in [0.15, 0.2) is 90.5 Å². The number of hydrogen-bond acceptors (Lipinski definition) is 8. The molecule has 3 aromatic rings. The minimum absolute atomic E-state index is 0.103. The van der Waals surface area contributed by atoms with Crippen LogP contribution in [-0.4, -0.2) is 85.0 Å². The zero-order chi connectivity index (χ0) is 34.5. The van der Waals surface area contributed by atoms with Gasteiger partial charge < -0.3 is 34.9 Å². The van der Waals surface area contributed by atoms with Crippen LogP contribution in [0.25, 0.3) is 6.08 Å². The first-order valence-electron chi connectivity index (χ1n) is 16.2. The SMILES string of the molecule is CN(C)C(=O)C=Cc1cccc(C(=O)OC2CC(C(=O)NCc3cccc(C(=O)NCCO)c3)=CC3OC4(Cc5ccccc5C4)OC32)c1. The zero-order valence-electron chi connectivity index (χ0n) is 27.4. The molecule has 3 N–H and O–H groups in total. The van der Waals surface area contributed by atoms with Gasteiger partial charge in [-0.25, -0.2) is 4.79 Å². The highest BCUT2D eigenvalue weighted by Crippen LogP contribution is 2.45. The molecule has 0 aromatic heterocycles. The first-order valence-corrected chi connectivity index (χ1v) is 16.2. The summed E-state index contributed by atoms with van der Waals surface area (Å²) < 4.78 is 19.2. The van der Waals surface area contributed by atoms with Gasteiger partial charge in [0, 0.05) is 63.7 Å². The van der Waals surface area contributed by atoms with E-state index in [1.165, 1.54) is 11.0 Å². The first kappa shape index (κ1) is 33.8. The maximum absolute atomic E-state index is 13.6. The van der Waals surface area contributed by atoms with Crippen LogP contribution in [0, 0.1) is 0 Å². The van der Waals surface area contributed by atoms with Crippen molar-refractivity contribution in [1.29, 1.82) is 0 Å². The van der Waals surface area contributed by atoms with Crippen LogP contribution in [-0.2, 0) is 43.2 Å². The average molecular weight is 666 g/mol. The van der Waals surface area contributed by atoms with Crippen LogP contribution in [0.3, 0.4) is 0 Å². The predicted molar refractivity (Wildman–Crippen MR) is 180 cm³/mol. The molecule has 2 aliphatic carbocycles. The molecule has 1 fully saturated rings. The highest BCUT2D eigenvalue weighted by molar-refractivity contribution is 5.96. The number of rotatable bonds is 10. The van der Waals surface area contributed by atoms with Crippen molar-refractivity contribution in [2.75, 3.05) is 27.2 Å². The quantitative estimate of drug-likeness (QED) is 0.222. The van der Waals surface area contributed by atoms with E-state index in [2.05, 4.69) is 10.6 Å². The molecule has 1 spiro atoms. The van der Waals surface area contributed by atoms with Gasteiger partial charge in [-0.15, -0.1) is 0 Å². The normalized spacial score (nSPS) is 20.3. The number of likely N-dealkylation sites (N-methyl/N-ethyl adjacent to an activating group) is 1. The number of aliphatic hydroxyl groups excluding tert-OH is 1. The molecule has 0 saturated carbocycles. The van der Waals surface area contributed by atoms with Gasteiger partial charge in [0.15, 0.2) is 5.79 Å². The molecule has 3 aliphatic rings. The van der Waals surface area contributed by atoms with Crippen LogP contribution in [0.2, 0.25) is 0 Å². The minimum Gasteiger partial charge on any atom is -0.456 e. The Morgan fingerprint density at radius 1 is 0.918 bits per heavy atom. The van der Waals surface area contributed by atoms with Crippen molar-refractivity contribution in [3.63, 3.8) is 0 Å². The van der Waals surface area contributed by atoms with Gasteiger partial charge in [-0.2, -0.15) is 0 Å². The number of carbonyl (C=O) groups is 4. The van der Waals surface area contributed by atoms with Gasteiger partial charge in [0.25, 0.3) is 5.91 Å². The molecule has 0 bridgehead atoms. The van der Waals surface area contributed by atoms with Crippen molar-refractivity contribution >= 4 is 29.8 Å². The summed E-state index contributed by atoms with van der Waals surface area (Å²) in [6, 6.07) is 21.7. The van der Waals surface area contributed by atoms with E-state index in [-0.39, 0.29) is 43.8 Å². The Labute approximate surface area is 284 Å². The largest absolute Gasteiger partial charge is 0.456 e. The number of benzene rings is 3. The van der Waals surface area contributed by atoms with Crippen molar-refractivity contribution < 1.29 is 38.5 Å². The molecular formula is C38H39N3O8. The molecule has 0 radical (unpaired) electrons. The summed E-state index contributed by atoms with van der Waals surface area (Å²) in [5, 5.41) is 14.5. The highest BCUT2D eigenvalue weighted by atomic mass is 16.8. The van der Waals surface area contributed by atoms with Gasteiger partial charge in [-0.05, 0) is 58.7 Å². The maximum atomic E-state index is 13.6. The molecule has 49 heavy (non-hydrogen) atoms. The summed E-state index contributed by atoms with van der Waals surface area (Å²) in [6.45, 7) is 0.130. The number of nitrogens with one attached hydrogen (secondary N) is 2. The van der Waals surface area contributed by atoms with Gasteiger partial charge in [0.2, 0.25) is 11.8 Å². The van der Waals surface area contributed by atoms with Gasteiger partial charge >= 0.3 is 5.97 Å². The summed E-state index contributed by atoms with van der Waals surface area (Å²) in [5.41, 5.74) is 4.72. The molecule has 1 aliphatic heterocycles. The molecule has 254 valence electrons. The number of nitrogens with zero attached hydrogens (tertiary/aromatic N) is 1. The number of aliphatic hydroxyl groups is 1. The highest BCUT2D eigenvalue weighted by Gasteiger charge is 2.55. The molecule has 11 nitrogen and oxygen atoms in total. The number of esters is 1. The summed E-state index contributed by atoms with van der Waals surface area (Å²) >= 11 is 0. The number of carbonyl (C=O) groups excluding carboxylic acids is 4. The van der Waals surface area contributed by atoms with E-state index in [4.69, 9.17) is 19.3 Å². The summed E-state index contributed by atoms with van der Waals surface area (Å²) in [4.78, 5) is 52.9. The van der Waals surface area contributed by atoms with Crippen molar-refractivity contribution in [3.05, 3.63) is 124 Å². The van der Waals surface area contributed by atoms with Gasteiger partial charge in [-0.3, -0.25) is 14.4 Å². The van der Waals surface area contributed by atoms with Gasteiger partial charge in [0.1, 0.15) is 18.3 Å². The third-order valence-electron chi connectivity index (χ3n) is 8.79. The second-order valence-corrected chi connectivity index (χ2v) is 12.6. The Bertz CT molecular complexity index is 1790. The standard InChI is InChI=1S/C38H39N3O8/c1-41(2)33(43)14-13-24-7-5-12-27(17-24)37(46)47-31-19-30(36(45)40-23-25-8-6-11-26(18-25)35(44)39-15-16-42)20-32-34(31)49-38(48-32)21-28-9-3-4-10-29(28)22-38/h3-14,17-18,20,31-32,34,42H,15-16,19,21-23H2,1-2H3,(H,39,44)(H,40,45). The zero-order valence-corrected chi connectivity index (χ0v) is 27.4. The summed E-state index contributed by atoms with van der Waals surface area (Å²) in [5.74, 6) is -2.39. The third kappa shape index (κ3) is 7.80. The van der Waals surface area contributed by atoms with E-state index in [1.54, 1.807) is 74.8 Å². The third-order valence-corrected chi connectivity index (χ3v) is 8.79.